The zero-order chi connectivity index (χ0) is 108. The van der Waals surface area contributed by atoms with Crippen molar-refractivity contribution < 1.29 is 98.5 Å². The van der Waals surface area contributed by atoms with Crippen LogP contribution in [0.3, 0.4) is 0 Å². The fourth-order valence-corrected chi connectivity index (χ4v) is 17.4. The number of allylic oxidation sites excluding steroid dienone is 4. The van der Waals surface area contributed by atoms with Crippen LogP contribution in [0, 0.1) is 17.8 Å². The molecule has 0 saturated carbocycles. The van der Waals surface area contributed by atoms with Gasteiger partial charge in [-0.3, -0.25) is 24.0 Å². The maximum atomic E-state index is 15.3. The molecule has 4 aliphatic heterocycles. The molecule has 8 heterocycles. The number of aromatic nitrogens is 8. The zero-order valence-corrected chi connectivity index (χ0v) is 88.9. The quantitative estimate of drug-likeness (QED) is 0.0124. The number of hydrogen-bond donors (Lipinski definition) is 6. The van der Waals surface area contributed by atoms with Gasteiger partial charge in [0.05, 0.1) is 137 Å². The lowest BCUT2D eigenvalue weighted by molar-refractivity contribution is -0.128. The number of nitrogens with zero attached hydrogens (tertiary/aromatic N) is 11. The molecule has 7 N–H and O–H groups in total. The number of methoxy groups -OCH3 is 8. The Labute approximate surface area is 887 Å². The van der Waals surface area contributed by atoms with E-state index in [0.717, 1.165) is 12.6 Å². The third kappa shape index (κ3) is 33.3. The van der Waals surface area contributed by atoms with Crippen LogP contribution < -0.4 is 70.2 Å². The van der Waals surface area contributed by atoms with Crippen molar-refractivity contribution in [2.24, 2.45) is 23.5 Å². The van der Waals surface area contributed by atoms with Crippen molar-refractivity contribution in [3.63, 3.8) is 0 Å². The van der Waals surface area contributed by atoms with Crippen LogP contribution in [0.5, 0.6) is 46.0 Å². The maximum Gasteiger partial charge on any atom is 0.410 e. The van der Waals surface area contributed by atoms with Gasteiger partial charge in [-0.2, -0.15) is 0 Å². The smallest absolute Gasteiger partial charge is 0.410 e. The van der Waals surface area contributed by atoms with Gasteiger partial charge in [-0.1, -0.05) is 119 Å². The summed E-state index contributed by atoms with van der Waals surface area (Å²) in [5, 5.41) is 15.5. The van der Waals surface area contributed by atoms with Crippen LogP contribution in [0.1, 0.15) is 112 Å². The highest BCUT2D eigenvalue weighted by Crippen LogP contribution is 2.49. The van der Waals surface area contributed by atoms with Crippen LogP contribution in [-0.2, 0) is 33.4 Å². The summed E-state index contributed by atoms with van der Waals surface area (Å²) in [5.74, 6) is -0.478. The lowest BCUT2D eigenvalue weighted by Gasteiger charge is -2.24. The molecule has 146 heavy (non-hydrogen) atoms. The van der Waals surface area contributed by atoms with E-state index in [1.54, 1.807) is 51.3 Å². The molecule has 47 heteroatoms. The van der Waals surface area contributed by atoms with Gasteiger partial charge in [-0.15, -0.1) is 0 Å². The number of amides is 3. The Hall–Kier alpha value is -12.3. The summed E-state index contributed by atoms with van der Waals surface area (Å²) < 4.78 is 113. The Morgan fingerprint density at radius 3 is 0.856 bits per heavy atom. The van der Waals surface area contributed by atoms with Gasteiger partial charge in [0, 0.05) is 204 Å². The highest BCUT2D eigenvalue weighted by atomic mass is 35.5. The molecule has 4 aromatic heterocycles. The summed E-state index contributed by atoms with van der Waals surface area (Å²) in [6.45, 7) is 29.4. The first-order chi connectivity index (χ1) is 69.1. The van der Waals surface area contributed by atoms with Crippen LogP contribution in [0.15, 0.2) is 124 Å². The van der Waals surface area contributed by atoms with Crippen molar-refractivity contribution in [2.45, 2.75) is 109 Å². The summed E-state index contributed by atoms with van der Waals surface area (Å²) in [4.78, 5) is 121. The topological polar surface area (TPSA) is 411 Å². The molecule has 8 aromatic rings. The Bertz CT molecular complexity index is 6060. The van der Waals surface area contributed by atoms with Gasteiger partial charge in [-0.25, -0.2) is 67.0 Å². The van der Waals surface area contributed by atoms with Crippen molar-refractivity contribution in [2.75, 3.05) is 131 Å². The molecule has 8 unspecified atom stereocenters. The normalized spacial score (nSPS) is 17.6. The second-order valence-electron chi connectivity index (χ2n) is 34.4. The second kappa shape index (κ2) is 55.4. The SMILES string of the molecule is C=CC(=O)CC1CN(C(=O)OC(C)(C)C)CC1Nc1ncc(/C=C(\F)c2c(Cl)c(OC)cc(OC)c2Cl)cn1.C=CC(=O)CC1CN(C(C)=O)CC1Nc1ncc(/C=C(\F)c2c(Cl)c(OC)cc(OC)c2Cl)cn1.C=CC(=O)CC1CNCC1Nc1ncc(/C=C(\F)c2c(Cl)c(OC)cc(OC)c2Cl)cn1.C=CC(=O)Cl.COc1cc(OC)c(Cl)c(/C(F)=C/c2cnc(NC3CN(C(=O)OC(C)(C)C)CC3N)nc2)c1Cl. The van der Waals surface area contributed by atoms with E-state index in [0.29, 0.717) is 73.9 Å². The van der Waals surface area contributed by atoms with E-state index in [2.05, 4.69) is 92.8 Å². The molecule has 4 aliphatic rings. The molecule has 4 saturated heterocycles. The maximum absolute atomic E-state index is 15.3. The first kappa shape index (κ1) is 119. The Kier molecular flexibility index (Phi) is 45.1. The van der Waals surface area contributed by atoms with Gasteiger partial charge in [0.25, 0.3) is 0 Å². The Morgan fingerprint density at radius 1 is 0.377 bits per heavy atom. The van der Waals surface area contributed by atoms with Crippen molar-refractivity contribution >= 4 is 216 Å². The molecular weight excluding hydrogens is 2090 g/mol. The molecule has 0 radical (unpaired) electrons. The molecule has 0 spiro atoms. The number of anilines is 4. The number of ether oxygens (including phenoxy) is 10. The summed E-state index contributed by atoms with van der Waals surface area (Å²) in [6, 6.07) is 4.74. The van der Waals surface area contributed by atoms with E-state index in [4.69, 9.17) is 158 Å². The molecule has 4 fully saturated rings. The van der Waals surface area contributed by atoms with Crippen molar-refractivity contribution in [3.8, 4) is 46.0 Å². The molecule has 0 aliphatic carbocycles. The van der Waals surface area contributed by atoms with E-state index < -0.39 is 51.9 Å². The third-order valence-corrected chi connectivity index (χ3v) is 25.1. The summed E-state index contributed by atoms with van der Waals surface area (Å²) in [7, 11) is 11.2. The zero-order valence-electron chi connectivity index (χ0n) is 82.1. The summed E-state index contributed by atoms with van der Waals surface area (Å²) >= 11 is 54.9. The lowest BCUT2D eigenvalue weighted by Crippen LogP contribution is -2.39. The van der Waals surface area contributed by atoms with Crippen molar-refractivity contribution in [1.29, 1.82) is 0 Å². The number of hydrogen-bond acceptors (Lipinski definition) is 31. The van der Waals surface area contributed by atoms with Gasteiger partial charge in [0.1, 0.15) is 80.5 Å². The number of nitrogens with two attached hydrogens (primary N) is 1. The van der Waals surface area contributed by atoms with E-state index in [1.165, 1.54) is 185 Å². The van der Waals surface area contributed by atoms with Gasteiger partial charge < -0.3 is 94.4 Å². The highest BCUT2D eigenvalue weighted by molar-refractivity contribution is 6.66. The molecule has 784 valence electrons. The predicted octanol–water partition coefficient (Wildman–Crippen LogP) is 20.7. The molecule has 4 aromatic carbocycles. The largest absolute Gasteiger partial charge is 0.495 e. The first-order valence-corrected chi connectivity index (χ1v) is 47.7. The minimum absolute atomic E-state index is 0.00103. The van der Waals surface area contributed by atoms with E-state index in [1.807, 2.05) is 0 Å². The van der Waals surface area contributed by atoms with Crippen molar-refractivity contribution in [1.82, 2.24) is 59.9 Å². The van der Waals surface area contributed by atoms with Crippen LogP contribution in [0.25, 0.3) is 47.6 Å². The van der Waals surface area contributed by atoms with Gasteiger partial charge >= 0.3 is 12.2 Å². The number of rotatable bonds is 34. The average molecular weight is 2210 g/mol. The van der Waals surface area contributed by atoms with Crippen LogP contribution >= 0.6 is 104 Å². The van der Waals surface area contributed by atoms with Gasteiger partial charge in [-0.05, 0) is 102 Å². The molecule has 8 atom stereocenters. The molecule has 12 rings (SSSR count). The molecule has 34 nitrogen and oxygen atoms in total. The monoisotopic (exact) mass is 2200 g/mol. The number of carbonyl (C=O) groups excluding carboxylic acids is 7. The Balaban J connectivity index is 0.000000234. The fraction of sp³-hybridized carbons (Fsp3) is 0.364. The predicted molar refractivity (Wildman–Crippen MR) is 562 cm³/mol. The number of halogens is 13. The van der Waals surface area contributed by atoms with E-state index in [-0.39, 0.29) is 217 Å². The number of benzene rings is 4. The molecular formula is C99H110Cl9F4N17O17. The number of ketones is 3. The van der Waals surface area contributed by atoms with Gasteiger partial charge in [0.2, 0.25) is 34.9 Å². The third-order valence-electron chi connectivity index (χ3n) is 21.9. The number of carbonyl (C=O) groups is 7. The number of nitrogens with one attached hydrogen (secondary N) is 5. The fourth-order valence-electron chi connectivity index (χ4n) is 14.7. The standard InChI is InChI=1S/C27H31Cl2FN4O5.C24H25Cl2FN4O4.C23H28Cl2FN5O4.C22H23Cl2FN4O3.C3H3ClO/c1-7-17(35)9-16-13-34(26(36)39-27(2,3)4)14-19(16)33-25-31-11-15(12-32-25)8-18(30)22-23(28)20(37-5)10-21(38-6)24(22)29;1-5-16(33)7-15-11-31(13(2)32)12-18(15)30-24-28-9-14(10-29-24)6-17(27)21-22(25)19(34-3)8-20(35-4)23(21)26;1-23(2,3)35-22(32)31-10-14(27)15(11-31)30-21-28-8-12(9-29-21)6-13(26)18-19(24)16(33-4)7-17(34-5)20(18)25;1-4-14(30)6-13-10-26-11-16(13)29-22-27-8-12(9-28-22)5-15(25)19-20(23)17(31-2)7-18(32-3)21(19)24;1-2-3(4)5/h7-8,10-12,16,19H,1,9,13-14H2,2-6H3,(H,31,32,33);5-6,8-10,15,18H,1,7,11-12H2,2-4H3,(H,28,29,30);6-9,14-15H,10-11,27H2,1-5H3,(H,28,29,30);4-5,7-9,13,16,26H,1,6,10-11H2,2-3H3,(H,27,28,29);2H,1H2/b18-8-;17-6-;13-6-;15-5-;. The lowest BCUT2D eigenvalue weighted by atomic mass is 9.97. The summed E-state index contributed by atoms with van der Waals surface area (Å²) in [5.41, 5.74) is 6.14. The number of likely N-dealkylation sites (tertiary alicyclic amines) is 3. The second-order valence-corrected chi connectivity index (χ2v) is 37.8. The minimum Gasteiger partial charge on any atom is -0.495 e. The molecule has 0 bridgehead atoms. The average Bonchev–Trinajstić information content (AvgIpc) is 1.69. The van der Waals surface area contributed by atoms with E-state index >= 15 is 17.6 Å². The Morgan fingerprint density at radius 2 is 0.610 bits per heavy atom. The van der Waals surface area contributed by atoms with Gasteiger partial charge in [0.15, 0.2) is 17.3 Å². The van der Waals surface area contributed by atoms with Crippen LogP contribution in [0.4, 0.5) is 50.9 Å². The highest BCUT2D eigenvalue weighted by Gasteiger charge is 2.41. The molecule has 3 amide bonds. The minimum atomic E-state index is -0.738. The van der Waals surface area contributed by atoms with Crippen molar-refractivity contribution in [3.05, 3.63) is 209 Å². The first-order valence-electron chi connectivity index (χ1n) is 44.3. The summed E-state index contributed by atoms with van der Waals surface area (Å²) in [6.07, 6.45) is 21.1. The van der Waals surface area contributed by atoms with Crippen LogP contribution in [-0.4, -0.2) is 246 Å². The van der Waals surface area contributed by atoms with Crippen LogP contribution in [0.2, 0.25) is 40.2 Å². The van der Waals surface area contributed by atoms with E-state index in [9.17, 15) is 33.6 Å².